The molecule has 3 heterocycles. The average Bonchev–Trinajstić information content (AvgIpc) is 3.26. The van der Waals surface area contributed by atoms with Gasteiger partial charge in [-0.25, -0.2) is 9.37 Å². The number of aryl methyl sites for hydroxylation is 1. The summed E-state index contributed by atoms with van der Waals surface area (Å²) >= 11 is 0. The maximum Gasteiger partial charge on any atom is 0.250 e. The summed E-state index contributed by atoms with van der Waals surface area (Å²) in [4.78, 5) is 19.9. The van der Waals surface area contributed by atoms with Crippen LogP contribution in [-0.2, 0) is 4.79 Å². The Bertz CT molecular complexity index is 1280. The molecule has 2 fully saturated rings. The van der Waals surface area contributed by atoms with Crippen molar-refractivity contribution in [3.63, 3.8) is 0 Å². The smallest absolute Gasteiger partial charge is 0.250 e. The molecule has 2 aliphatic rings. The molecule has 1 N–H and O–H groups in total. The van der Waals surface area contributed by atoms with Crippen LogP contribution in [0.15, 0.2) is 60.6 Å². The van der Waals surface area contributed by atoms with Crippen LogP contribution >= 0.6 is 0 Å². The Morgan fingerprint density at radius 3 is 2.66 bits per heavy atom. The molecule has 7 heteroatoms. The fourth-order valence-corrected chi connectivity index (χ4v) is 5.45. The van der Waals surface area contributed by atoms with E-state index in [9.17, 15) is 14.3 Å². The number of carbonyl (C=O) groups is 1. The van der Waals surface area contributed by atoms with Crippen molar-refractivity contribution in [2.75, 3.05) is 7.11 Å². The van der Waals surface area contributed by atoms with Crippen molar-refractivity contribution in [3.8, 4) is 11.4 Å². The number of imidazole rings is 1. The third kappa shape index (κ3) is 4.60. The first kappa shape index (κ1) is 23.3. The van der Waals surface area contributed by atoms with Gasteiger partial charge in [-0.1, -0.05) is 18.2 Å². The molecule has 0 aliphatic carbocycles. The van der Waals surface area contributed by atoms with Crippen LogP contribution in [-0.4, -0.2) is 44.2 Å². The number of aliphatic hydroxyl groups is 1. The molecular formula is C28H30FN3O3. The van der Waals surface area contributed by atoms with Crippen LogP contribution < -0.4 is 4.74 Å². The number of amides is 1. The lowest BCUT2D eigenvalue weighted by atomic mass is 9.77. The number of hydrogen-bond donors (Lipinski definition) is 1. The third-order valence-corrected chi connectivity index (χ3v) is 7.08. The Balaban J connectivity index is 1.47. The van der Waals surface area contributed by atoms with Crippen molar-refractivity contribution in [1.29, 1.82) is 0 Å². The zero-order valence-corrected chi connectivity index (χ0v) is 20.2. The van der Waals surface area contributed by atoms with Crippen molar-refractivity contribution >= 4 is 12.0 Å². The monoisotopic (exact) mass is 475 g/mol. The number of hydrogen-bond acceptors (Lipinski definition) is 4. The molecule has 2 saturated heterocycles. The molecule has 1 aromatic heterocycles. The standard InChI is InChI=1S/C28H30FN3O3/c1-18-16-31(17-30-18)24-11-4-19(13-26(24)35-3)12-21-7-10-23-14-28(2,34)15-25(32(23)27(21)33)20-5-8-22(29)9-6-20/h4-6,8-9,11-13,16-17,23,25,34H,7,10,14-15H2,1-3H3/b21-12+/t23-,25+,28+/m1/s1. The minimum Gasteiger partial charge on any atom is -0.495 e. The van der Waals surface area contributed by atoms with Gasteiger partial charge in [-0.3, -0.25) is 4.79 Å². The molecule has 2 aliphatic heterocycles. The highest BCUT2D eigenvalue weighted by Crippen LogP contribution is 2.44. The van der Waals surface area contributed by atoms with E-state index in [1.54, 1.807) is 25.6 Å². The highest BCUT2D eigenvalue weighted by atomic mass is 19.1. The van der Waals surface area contributed by atoms with E-state index in [-0.39, 0.29) is 23.8 Å². The van der Waals surface area contributed by atoms with E-state index in [2.05, 4.69) is 4.98 Å². The summed E-state index contributed by atoms with van der Waals surface area (Å²) in [6.45, 7) is 3.76. The molecule has 3 aromatic rings. The summed E-state index contributed by atoms with van der Waals surface area (Å²) in [5, 5.41) is 10.9. The number of rotatable bonds is 4. The van der Waals surface area contributed by atoms with Gasteiger partial charge in [0.05, 0.1) is 36.5 Å². The van der Waals surface area contributed by atoms with Gasteiger partial charge in [0.1, 0.15) is 11.6 Å². The first-order chi connectivity index (χ1) is 16.7. The summed E-state index contributed by atoms with van der Waals surface area (Å²) in [5.74, 6) is 0.345. The van der Waals surface area contributed by atoms with E-state index in [1.807, 2.05) is 53.8 Å². The van der Waals surface area contributed by atoms with Crippen LogP contribution in [0.2, 0.25) is 0 Å². The highest BCUT2D eigenvalue weighted by Gasteiger charge is 2.46. The number of fused-ring (bicyclic) bond motifs is 1. The molecule has 3 atom stereocenters. The first-order valence-corrected chi connectivity index (χ1v) is 11.9. The molecule has 35 heavy (non-hydrogen) atoms. The number of halogens is 1. The maximum atomic E-state index is 13.7. The van der Waals surface area contributed by atoms with Crippen molar-refractivity contribution < 1.29 is 19.0 Å². The summed E-state index contributed by atoms with van der Waals surface area (Å²) in [6, 6.07) is 11.7. The second-order valence-electron chi connectivity index (χ2n) is 9.90. The quantitative estimate of drug-likeness (QED) is 0.540. The molecule has 1 amide bonds. The van der Waals surface area contributed by atoms with Gasteiger partial charge in [0.15, 0.2) is 0 Å². The molecule has 6 nitrogen and oxygen atoms in total. The van der Waals surface area contributed by atoms with Gasteiger partial charge in [0.25, 0.3) is 5.91 Å². The third-order valence-electron chi connectivity index (χ3n) is 7.08. The zero-order chi connectivity index (χ0) is 24.7. The number of methoxy groups -OCH3 is 1. The van der Waals surface area contributed by atoms with E-state index in [0.717, 1.165) is 34.5 Å². The minimum absolute atomic E-state index is 0.0284. The predicted molar refractivity (Wildman–Crippen MR) is 132 cm³/mol. The molecule has 5 rings (SSSR count). The van der Waals surface area contributed by atoms with Gasteiger partial charge in [0, 0.05) is 24.2 Å². The van der Waals surface area contributed by atoms with E-state index in [1.165, 1.54) is 12.1 Å². The van der Waals surface area contributed by atoms with Crippen LogP contribution in [0.3, 0.4) is 0 Å². The molecule has 0 radical (unpaired) electrons. The maximum absolute atomic E-state index is 13.7. The van der Waals surface area contributed by atoms with E-state index in [0.29, 0.717) is 25.0 Å². The van der Waals surface area contributed by atoms with E-state index < -0.39 is 5.60 Å². The van der Waals surface area contributed by atoms with Crippen molar-refractivity contribution in [3.05, 3.63) is 83.2 Å². The minimum atomic E-state index is -0.878. The number of nitrogens with zero attached hydrogens (tertiary/aromatic N) is 3. The van der Waals surface area contributed by atoms with Crippen LogP contribution in [0.1, 0.15) is 55.5 Å². The lowest BCUT2D eigenvalue weighted by molar-refractivity contribution is -0.144. The van der Waals surface area contributed by atoms with E-state index >= 15 is 0 Å². The molecule has 0 saturated carbocycles. The molecule has 182 valence electrons. The van der Waals surface area contributed by atoms with Crippen molar-refractivity contribution in [1.82, 2.24) is 14.5 Å². The first-order valence-electron chi connectivity index (χ1n) is 11.9. The Hall–Kier alpha value is -3.45. The lowest BCUT2D eigenvalue weighted by Crippen LogP contribution is -2.55. The molecule has 2 aromatic carbocycles. The topological polar surface area (TPSA) is 67.6 Å². The van der Waals surface area contributed by atoms with Gasteiger partial charge in [-0.15, -0.1) is 0 Å². The zero-order valence-electron chi connectivity index (χ0n) is 20.2. The fourth-order valence-electron chi connectivity index (χ4n) is 5.45. The Morgan fingerprint density at radius 2 is 1.97 bits per heavy atom. The van der Waals surface area contributed by atoms with Gasteiger partial charge >= 0.3 is 0 Å². The van der Waals surface area contributed by atoms with Crippen LogP contribution in [0.4, 0.5) is 4.39 Å². The molecular weight excluding hydrogens is 445 g/mol. The highest BCUT2D eigenvalue weighted by molar-refractivity contribution is 5.99. The molecule has 0 bridgehead atoms. The van der Waals surface area contributed by atoms with Gasteiger partial charge in [-0.2, -0.15) is 0 Å². The lowest BCUT2D eigenvalue weighted by Gasteiger charge is -2.50. The van der Waals surface area contributed by atoms with Crippen LogP contribution in [0.25, 0.3) is 11.8 Å². The van der Waals surface area contributed by atoms with Crippen molar-refractivity contribution in [2.24, 2.45) is 0 Å². The van der Waals surface area contributed by atoms with Crippen molar-refractivity contribution in [2.45, 2.75) is 57.2 Å². The van der Waals surface area contributed by atoms with Gasteiger partial charge < -0.3 is 19.3 Å². The second-order valence-corrected chi connectivity index (χ2v) is 9.90. The Morgan fingerprint density at radius 1 is 1.20 bits per heavy atom. The van der Waals surface area contributed by atoms with Gasteiger partial charge in [0.2, 0.25) is 0 Å². The predicted octanol–water partition coefficient (Wildman–Crippen LogP) is 4.99. The normalized spacial score (nSPS) is 25.6. The number of piperidine rings is 2. The fraction of sp³-hybridized carbons (Fsp3) is 0.357. The SMILES string of the molecule is COc1cc(/C=C2\CC[C@@H]3C[C@](C)(O)C[C@@H](c4ccc(F)cc4)N3C2=O)ccc1-n1cnc(C)c1. The number of benzene rings is 2. The Labute approximate surface area is 204 Å². The summed E-state index contributed by atoms with van der Waals surface area (Å²) in [5.41, 5.74) is 3.36. The Kier molecular flexibility index (Phi) is 5.97. The number of ether oxygens (including phenoxy) is 1. The summed E-state index contributed by atoms with van der Waals surface area (Å²) in [7, 11) is 1.63. The number of carbonyl (C=O) groups excluding carboxylic acids is 1. The number of aromatic nitrogens is 2. The summed E-state index contributed by atoms with van der Waals surface area (Å²) < 4.78 is 21.1. The van der Waals surface area contributed by atoms with Crippen LogP contribution in [0.5, 0.6) is 5.75 Å². The average molecular weight is 476 g/mol. The second kappa shape index (κ2) is 8.96. The van der Waals surface area contributed by atoms with E-state index in [4.69, 9.17) is 4.74 Å². The summed E-state index contributed by atoms with van der Waals surface area (Å²) in [6.07, 6.45) is 7.97. The molecule has 0 unspecified atom stereocenters. The van der Waals surface area contributed by atoms with Crippen LogP contribution in [0, 0.1) is 12.7 Å². The van der Waals surface area contributed by atoms with Gasteiger partial charge in [-0.05, 0) is 74.6 Å². The molecule has 0 spiro atoms. The largest absolute Gasteiger partial charge is 0.495 e.